The Balaban J connectivity index is 2.60. The number of carbonyl (C=O) groups is 1. The molecule has 0 spiro atoms. The van der Waals surface area contributed by atoms with E-state index < -0.39 is 0 Å². The monoisotopic (exact) mass is 223 g/mol. The zero-order valence-electron chi connectivity index (χ0n) is 9.93. The van der Waals surface area contributed by atoms with Crippen LogP contribution in [0.25, 0.3) is 0 Å². The normalized spacial score (nSPS) is 22.6. The van der Waals surface area contributed by atoms with Crippen LogP contribution in [0.2, 0.25) is 0 Å². The van der Waals surface area contributed by atoms with Gasteiger partial charge >= 0.3 is 0 Å². The molecule has 0 unspecified atom stereocenters. The Bertz CT molecular complexity index is 273. The number of hydrogen-bond donors (Lipinski definition) is 1. The average molecular weight is 223 g/mol. The molecule has 1 saturated heterocycles. The van der Waals surface area contributed by atoms with E-state index in [1.54, 1.807) is 12.2 Å². The molecule has 1 N–H and O–H groups in total. The van der Waals surface area contributed by atoms with E-state index in [1.807, 2.05) is 17.9 Å². The van der Waals surface area contributed by atoms with Gasteiger partial charge in [0.15, 0.2) is 0 Å². The Kier molecular flexibility index (Phi) is 5.26. The van der Waals surface area contributed by atoms with Crippen LogP contribution in [-0.4, -0.2) is 35.1 Å². The van der Waals surface area contributed by atoms with Crippen molar-refractivity contribution >= 4 is 5.91 Å². The van der Waals surface area contributed by atoms with Crippen LogP contribution >= 0.6 is 0 Å². The third-order valence-corrected chi connectivity index (χ3v) is 2.99. The number of aliphatic hydroxyl groups excluding tert-OH is 1. The van der Waals surface area contributed by atoms with E-state index in [1.165, 1.54) is 0 Å². The van der Waals surface area contributed by atoms with Crippen molar-refractivity contribution < 1.29 is 9.90 Å². The first-order valence-electron chi connectivity index (χ1n) is 5.89. The van der Waals surface area contributed by atoms with Gasteiger partial charge in [-0.2, -0.15) is 0 Å². The van der Waals surface area contributed by atoms with Crippen LogP contribution in [0, 0.1) is 5.92 Å². The second-order valence-electron chi connectivity index (χ2n) is 4.28. The molecule has 1 amide bonds. The molecule has 0 aromatic heterocycles. The van der Waals surface area contributed by atoms with E-state index in [4.69, 9.17) is 5.11 Å². The molecular weight excluding hydrogens is 202 g/mol. The molecule has 1 fully saturated rings. The second-order valence-corrected chi connectivity index (χ2v) is 4.28. The van der Waals surface area contributed by atoms with Crippen LogP contribution in [0.15, 0.2) is 24.8 Å². The summed E-state index contributed by atoms with van der Waals surface area (Å²) in [4.78, 5) is 14.0. The summed E-state index contributed by atoms with van der Waals surface area (Å²) in [6.07, 6.45) is 8.22. The molecule has 2 atom stereocenters. The fraction of sp³-hybridized carbons (Fsp3) is 0.615. The molecule has 0 bridgehead atoms. The number of nitrogens with zero attached hydrogens (tertiary/aromatic N) is 1. The summed E-state index contributed by atoms with van der Waals surface area (Å²) in [5.74, 6) is 0.214. The quantitative estimate of drug-likeness (QED) is 0.721. The molecule has 1 aliphatic heterocycles. The van der Waals surface area contributed by atoms with Gasteiger partial charge in [0.25, 0.3) is 0 Å². The molecule has 16 heavy (non-hydrogen) atoms. The number of hydrogen-bond acceptors (Lipinski definition) is 2. The van der Waals surface area contributed by atoms with Gasteiger partial charge in [-0.05, 0) is 19.3 Å². The van der Waals surface area contributed by atoms with Crippen molar-refractivity contribution in [2.45, 2.75) is 32.2 Å². The van der Waals surface area contributed by atoms with Crippen molar-refractivity contribution in [3.63, 3.8) is 0 Å². The highest BCUT2D eigenvalue weighted by Gasteiger charge is 2.28. The van der Waals surface area contributed by atoms with Gasteiger partial charge in [-0.15, -0.1) is 6.58 Å². The minimum atomic E-state index is 0.0145. The molecule has 0 aromatic rings. The molecule has 1 heterocycles. The zero-order chi connectivity index (χ0) is 12.0. The van der Waals surface area contributed by atoms with Crippen molar-refractivity contribution in [1.82, 2.24) is 4.90 Å². The van der Waals surface area contributed by atoms with Crippen molar-refractivity contribution in [3.8, 4) is 0 Å². The highest BCUT2D eigenvalue weighted by molar-refractivity contribution is 5.79. The maximum absolute atomic E-state index is 12.1. The first-order valence-corrected chi connectivity index (χ1v) is 5.89. The van der Waals surface area contributed by atoms with E-state index in [-0.39, 0.29) is 24.5 Å². The number of carbonyl (C=O) groups excluding carboxylic acids is 1. The third-order valence-electron chi connectivity index (χ3n) is 2.99. The molecule has 1 aliphatic rings. The summed E-state index contributed by atoms with van der Waals surface area (Å²) in [7, 11) is 0. The van der Waals surface area contributed by atoms with Crippen LogP contribution in [0.1, 0.15) is 26.2 Å². The standard InChI is InChI=1S/C13H21NO2/c1-3-6-11(2)13(16)14-9-4-7-12(14)8-5-10-15/h3,5,8,11-12,15H,1,4,6-7,9-10H2,2H3/b8-5+/t11-,12-/m0/s1. The van der Waals surface area contributed by atoms with Crippen molar-refractivity contribution in [2.24, 2.45) is 5.92 Å². The lowest BCUT2D eigenvalue weighted by molar-refractivity contribution is -0.134. The number of likely N-dealkylation sites (tertiary alicyclic amines) is 1. The van der Waals surface area contributed by atoms with E-state index >= 15 is 0 Å². The summed E-state index contributed by atoms with van der Waals surface area (Å²) in [6, 6.07) is 0.173. The largest absolute Gasteiger partial charge is 0.392 e. The van der Waals surface area contributed by atoms with Gasteiger partial charge in [0.05, 0.1) is 12.6 Å². The maximum Gasteiger partial charge on any atom is 0.226 e. The first-order chi connectivity index (χ1) is 7.70. The van der Waals surface area contributed by atoms with Crippen molar-refractivity contribution in [2.75, 3.05) is 13.2 Å². The number of aliphatic hydroxyl groups is 1. The van der Waals surface area contributed by atoms with Gasteiger partial charge in [-0.25, -0.2) is 0 Å². The predicted molar refractivity (Wildman–Crippen MR) is 64.9 cm³/mol. The minimum Gasteiger partial charge on any atom is -0.392 e. The summed E-state index contributed by atoms with van der Waals surface area (Å²) in [5, 5.41) is 8.74. The summed E-state index contributed by atoms with van der Waals surface area (Å²) in [6.45, 7) is 6.48. The van der Waals surface area contributed by atoms with E-state index in [9.17, 15) is 4.79 Å². The van der Waals surface area contributed by atoms with E-state index in [2.05, 4.69) is 6.58 Å². The molecule has 3 nitrogen and oxygen atoms in total. The lowest BCUT2D eigenvalue weighted by Crippen LogP contribution is -2.37. The molecule has 90 valence electrons. The van der Waals surface area contributed by atoms with Gasteiger partial charge in [0, 0.05) is 12.5 Å². The zero-order valence-corrected chi connectivity index (χ0v) is 9.93. The van der Waals surface area contributed by atoms with Gasteiger partial charge < -0.3 is 10.0 Å². The third kappa shape index (κ3) is 3.20. The van der Waals surface area contributed by atoms with Gasteiger partial charge in [-0.3, -0.25) is 4.79 Å². The van der Waals surface area contributed by atoms with Crippen LogP contribution < -0.4 is 0 Å². The number of rotatable bonds is 5. The van der Waals surface area contributed by atoms with Crippen molar-refractivity contribution in [3.05, 3.63) is 24.8 Å². The molecule has 0 aliphatic carbocycles. The smallest absolute Gasteiger partial charge is 0.226 e. The summed E-state index contributed by atoms with van der Waals surface area (Å²) >= 11 is 0. The van der Waals surface area contributed by atoms with Crippen LogP contribution in [0.3, 0.4) is 0 Å². The van der Waals surface area contributed by atoms with E-state index in [0.29, 0.717) is 0 Å². The average Bonchev–Trinajstić information content (AvgIpc) is 2.73. The summed E-state index contributed by atoms with van der Waals surface area (Å²) < 4.78 is 0. The molecule has 1 rings (SSSR count). The van der Waals surface area contributed by atoms with Gasteiger partial charge in [0.1, 0.15) is 0 Å². The fourth-order valence-corrected chi connectivity index (χ4v) is 2.12. The number of amides is 1. The molecule has 0 radical (unpaired) electrons. The van der Waals surface area contributed by atoms with Crippen LogP contribution in [0.5, 0.6) is 0 Å². The molecular formula is C13H21NO2. The highest BCUT2D eigenvalue weighted by Crippen LogP contribution is 2.21. The summed E-state index contributed by atoms with van der Waals surface area (Å²) in [5.41, 5.74) is 0. The minimum absolute atomic E-state index is 0.0145. The van der Waals surface area contributed by atoms with Gasteiger partial charge in [0.2, 0.25) is 5.91 Å². The maximum atomic E-state index is 12.1. The molecule has 0 saturated carbocycles. The SMILES string of the molecule is C=CC[C@H](C)C(=O)N1CCC[C@H]1/C=C/CO. The number of allylic oxidation sites excluding steroid dienone is 1. The first kappa shape index (κ1) is 13.0. The topological polar surface area (TPSA) is 40.5 Å². The van der Waals surface area contributed by atoms with Crippen LogP contribution in [0.4, 0.5) is 0 Å². The van der Waals surface area contributed by atoms with Crippen LogP contribution in [-0.2, 0) is 4.79 Å². The Labute approximate surface area is 97.4 Å². The second kappa shape index (κ2) is 6.48. The molecule has 3 heteroatoms. The Morgan fingerprint density at radius 3 is 3.06 bits per heavy atom. The Hall–Kier alpha value is -1.09. The fourth-order valence-electron chi connectivity index (χ4n) is 2.12. The predicted octanol–water partition coefficient (Wildman–Crippen LogP) is 1.74. The van der Waals surface area contributed by atoms with Crippen molar-refractivity contribution in [1.29, 1.82) is 0 Å². The Morgan fingerprint density at radius 2 is 2.44 bits per heavy atom. The lowest BCUT2D eigenvalue weighted by atomic mass is 10.1. The molecule has 0 aromatic carbocycles. The van der Waals surface area contributed by atoms with Gasteiger partial charge in [-0.1, -0.05) is 25.2 Å². The highest BCUT2D eigenvalue weighted by atomic mass is 16.2. The Morgan fingerprint density at radius 1 is 1.69 bits per heavy atom. The van der Waals surface area contributed by atoms with E-state index in [0.717, 1.165) is 25.8 Å². The lowest BCUT2D eigenvalue weighted by Gasteiger charge is -2.25.